The third-order valence-corrected chi connectivity index (χ3v) is 17.7. The molecule has 0 spiro atoms. The van der Waals surface area contributed by atoms with E-state index in [1.54, 1.807) is 4.90 Å². The number of rotatable bonds is 12. The second-order valence-electron chi connectivity index (χ2n) is 28.5. The smallest absolute Gasteiger partial charge is 0.242 e. The van der Waals surface area contributed by atoms with Gasteiger partial charge in [-0.2, -0.15) is 0 Å². The van der Waals surface area contributed by atoms with Crippen LogP contribution in [-0.2, 0) is 33.6 Å². The van der Waals surface area contributed by atoms with Crippen LogP contribution in [0, 0.1) is 82.9 Å². The second-order valence-corrected chi connectivity index (χ2v) is 28.5. The Bertz CT molecular complexity index is 1850. The predicted molar refractivity (Wildman–Crippen MR) is 338 cm³/mol. The van der Waals surface area contributed by atoms with Crippen LogP contribution in [-0.4, -0.2) is 191 Å². The van der Waals surface area contributed by atoms with E-state index in [0.29, 0.717) is 66.4 Å². The molecule has 82 heavy (non-hydrogen) atoms. The van der Waals surface area contributed by atoms with Crippen molar-refractivity contribution in [2.75, 3.05) is 98.2 Å². The van der Waals surface area contributed by atoms with Crippen LogP contribution in [0.5, 0.6) is 0 Å². The average molecular weight is 1160 g/mol. The fourth-order valence-electron chi connectivity index (χ4n) is 11.3. The zero-order valence-corrected chi connectivity index (χ0v) is 57.3. The number of piperidine rings is 2. The Balaban J connectivity index is 0.000000493. The average Bonchev–Trinajstić information content (AvgIpc) is 4.00. The molecule has 0 aromatic rings. The summed E-state index contributed by atoms with van der Waals surface area (Å²) >= 11 is 0. The topological polar surface area (TPSA) is 145 Å². The van der Waals surface area contributed by atoms with Crippen molar-refractivity contribution < 1.29 is 33.6 Å². The minimum atomic E-state index is -0.0246. The van der Waals surface area contributed by atoms with Crippen LogP contribution in [0.4, 0.5) is 0 Å². The van der Waals surface area contributed by atoms with Gasteiger partial charge < -0.3 is 34.3 Å². The van der Waals surface area contributed by atoms with Crippen molar-refractivity contribution in [3.8, 4) is 0 Å². The van der Waals surface area contributed by atoms with E-state index in [1.165, 1.54) is 32.1 Å². The van der Waals surface area contributed by atoms with Crippen LogP contribution in [0.3, 0.4) is 0 Å². The highest BCUT2D eigenvalue weighted by atomic mass is 16.2. The van der Waals surface area contributed by atoms with Crippen molar-refractivity contribution in [3.05, 3.63) is 0 Å². The minimum absolute atomic E-state index is 0.0246. The van der Waals surface area contributed by atoms with E-state index in [4.69, 9.17) is 0 Å². The first-order valence-corrected chi connectivity index (χ1v) is 32.8. The Labute approximate surface area is 503 Å². The van der Waals surface area contributed by atoms with Crippen LogP contribution in [0.15, 0.2) is 0 Å². The zero-order chi connectivity index (χ0) is 63.0. The molecule has 6 aliphatic heterocycles. The lowest BCUT2D eigenvalue weighted by Crippen LogP contribution is -2.54. The van der Waals surface area contributed by atoms with Gasteiger partial charge in [-0.1, -0.05) is 138 Å². The Kier molecular flexibility index (Phi) is 35.0. The van der Waals surface area contributed by atoms with E-state index in [2.05, 4.69) is 79.0 Å². The number of piperazine rings is 2. The molecule has 0 bridgehead atoms. The lowest BCUT2D eigenvalue weighted by molar-refractivity contribution is -0.148. The molecule has 0 radical (unpaired) electrons. The number of carbonyl (C=O) groups is 7. The molecule has 2 atom stereocenters. The third-order valence-electron chi connectivity index (χ3n) is 17.7. The molecule has 0 N–H and O–H groups in total. The van der Waals surface area contributed by atoms with Crippen molar-refractivity contribution in [1.82, 2.24) is 39.2 Å². The summed E-state index contributed by atoms with van der Waals surface area (Å²) in [5.41, 5.74) is 0. The van der Waals surface area contributed by atoms with E-state index in [0.717, 1.165) is 108 Å². The molecule has 6 aliphatic rings. The minimum Gasteiger partial charge on any atom is -0.342 e. The maximum atomic E-state index is 11.8. The van der Waals surface area contributed by atoms with Gasteiger partial charge in [-0.25, -0.2) is 0 Å². The van der Waals surface area contributed by atoms with Gasteiger partial charge in [-0.05, 0) is 107 Å². The molecule has 6 heterocycles. The summed E-state index contributed by atoms with van der Waals surface area (Å²) in [7, 11) is 0. The van der Waals surface area contributed by atoms with Gasteiger partial charge >= 0.3 is 0 Å². The van der Waals surface area contributed by atoms with Gasteiger partial charge in [0.2, 0.25) is 41.4 Å². The number of nitrogens with zero attached hydrogens (tertiary/aromatic N) is 8. The standard InChI is InChI=1S/2C12H23NO.C11H20N2O2.C11H22N2O.C11H21NO.C10H19NO/c1-9(2)11-5-7-13(8-6-11)12(14)10(3)4;1-9(2)11-6-5-7-13(8-11)12(14)10(3)4;1-8(2)11(15)12-5-6-13(9(3)4)10(14)7-12;1-9(2)11(14)13-7-5-12(6-8-13)10(3)4;1-8(2)10-5-6-12(7-10)11(13)9(3)4;1-7(2)9-5-11(6-9)10(12)8(3)4/h2*9-11H,5-8H2,1-4H3;8-9H,5-7H2,1-4H3;9-10H,5-8H2,1-4H3;8-10H,5-7H2,1-4H3;7-9H,5-6H2,1-4H3. The van der Waals surface area contributed by atoms with Gasteiger partial charge in [0.05, 0.1) is 6.54 Å². The summed E-state index contributed by atoms with van der Waals surface area (Å²) in [6, 6.07) is 0.833. The molecular weight excluding hydrogens is 1030 g/mol. The third kappa shape index (κ3) is 26.3. The molecule has 2 unspecified atom stereocenters. The normalized spacial score (nSPS) is 20.3. The van der Waals surface area contributed by atoms with Gasteiger partial charge in [-0.15, -0.1) is 0 Å². The molecule has 6 saturated heterocycles. The summed E-state index contributed by atoms with van der Waals surface area (Å²) in [6.07, 6.45) is 6.04. The first kappa shape index (κ1) is 76.3. The van der Waals surface area contributed by atoms with Crippen LogP contribution >= 0.6 is 0 Å². The first-order valence-electron chi connectivity index (χ1n) is 32.8. The molecule has 478 valence electrons. The zero-order valence-electron chi connectivity index (χ0n) is 57.3. The highest BCUT2D eigenvalue weighted by Gasteiger charge is 2.34. The van der Waals surface area contributed by atoms with Gasteiger partial charge in [-0.3, -0.25) is 38.5 Å². The molecule has 6 fully saturated rings. The van der Waals surface area contributed by atoms with Crippen molar-refractivity contribution in [3.63, 3.8) is 0 Å². The molecule has 15 nitrogen and oxygen atoms in total. The number of likely N-dealkylation sites (tertiary alicyclic amines) is 4. The van der Waals surface area contributed by atoms with Crippen molar-refractivity contribution in [2.24, 2.45) is 82.9 Å². The van der Waals surface area contributed by atoms with Crippen LogP contribution in [0.1, 0.15) is 198 Å². The van der Waals surface area contributed by atoms with Crippen LogP contribution < -0.4 is 0 Å². The molecule has 7 amide bonds. The van der Waals surface area contributed by atoms with E-state index in [-0.39, 0.29) is 59.9 Å². The fraction of sp³-hybridized carbons (Fsp3) is 0.896. The number of hydrogen-bond acceptors (Lipinski definition) is 8. The molecule has 0 saturated carbocycles. The maximum Gasteiger partial charge on any atom is 0.242 e. The molecule has 0 aromatic heterocycles. The predicted octanol–water partition coefficient (Wildman–Crippen LogP) is 10.9. The first-order chi connectivity index (χ1) is 38.0. The molecular formula is C67H128N8O7. The lowest BCUT2D eigenvalue weighted by atomic mass is 9.86. The van der Waals surface area contributed by atoms with Crippen molar-refractivity contribution in [2.45, 2.75) is 210 Å². The van der Waals surface area contributed by atoms with Gasteiger partial charge in [0.25, 0.3) is 0 Å². The number of hydrogen-bond donors (Lipinski definition) is 0. The molecule has 0 aliphatic carbocycles. The summed E-state index contributed by atoms with van der Waals surface area (Å²) in [6.45, 7) is 63.1. The Morgan fingerprint density at radius 3 is 0.963 bits per heavy atom. The number of carbonyl (C=O) groups excluding carboxylic acids is 7. The van der Waals surface area contributed by atoms with Crippen molar-refractivity contribution in [1.29, 1.82) is 0 Å². The summed E-state index contributed by atoms with van der Waals surface area (Å²) < 4.78 is 0. The van der Waals surface area contributed by atoms with Crippen LogP contribution in [0.2, 0.25) is 0 Å². The van der Waals surface area contributed by atoms with E-state index < -0.39 is 0 Å². The SMILES string of the molecule is CC(C)C(=O)N1CC(C(C)C)C1.CC(C)C(=O)N1CCC(C(C)C)C1.CC(C)C(=O)N1CCC(C(C)C)CC1.CC(C)C(=O)N1CCCC(C(C)C)C1.CC(C)C(=O)N1CCN(C(C)C)C(=O)C1.CC(C)C(=O)N1CCN(C(C)C)CC1. The van der Waals surface area contributed by atoms with Crippen LogP contribution in [0.25, 0.3) is 0 Å². The van der Waals surface area contributed by atoms with E-state index in [1.807, 2.05) is 121 Å². The fourth-order valence-corrected chi connectivity index (χ4v) is 11.3. The number of amides is 7. The summed E-state index contributed by atoms with van der Waals surface area (Å²) in [5, 5.41) is 0. The Morgan fingerprint density at radius 1 is 0.305 bits per heavy atom. The lowest BCUT2D eigenvalue weighted by Gasteiger charge is -2.42. The highest BCUT2D eigenvalue weighted by Crippen LogP contribution is 2.28. The molecule has 15 heteroatoms. The highest BCUT2D eigenvalue weighted by molar-refractivity contribution is 5.87. The Hall–Kier alpha value is -3.75. The molecule has 6 rings (SSSR count). The molecule has 0 aromatic carbocycles. The van der Waals surface area contributed by atoms with E-state index >= 15 is 0 Å². The van der Waals surface area contributed by atoms with Crippen molar-refractivity contribution >= 4 is 41.4 Å². The van der Waals surface area contributed by atoms with E-state index in [9.17, 15) is 33.6 Å². The Morgan fingerprint density at radius 2 is 0.610 bits per heavy atom. The van der Waals surface area contributed by atoms with Gasteiger partial charge in [0.15, 0.2) is 0 Å². The summed E-state index contributed by atoms with van der Waals surface area (Å²) in [4.78, 5) is 97.6. The monoisotopic (exact) mass is 1160 g/mol. The summed E-state index contributed by atoms with van der Waals surface area (Å²) in [5.74, 6) is 8.39. The van der Waals surface area contributed by atoms with Gasteiger partial charge in [0.1, 0.15) is 0 Å². The maximum absolute atomic E-state index is 11.8. The largest absolute Gasteiger partial charge is 0.342 e. The second kappa shape index (κ2) is 37.6. The van der Waals surface area contributed by atoms with Gasteiger partial charge in [0, 0.05) is 139 Å². The quantitative estimate of drug-likeness (QED) is 0.188.